The van der Waals surface area contributed by atoms with Gasteiger partial charge in [0.1, 0.15) is 6.17 Å². The van der Waals surface area contributed by atoms with Gasteiger partial charge in [0.2, 0.25) is 0 Å². The van der Waals surface area contributed by atoms with E-state index in [4.69, 9.17) is 5.73 Å². The van der Waals surface area contributed by atoms with Crippen molar-refractivity contribution in [2.75, 3.05) is 6.54 Å². The van der Waals surface area contributed by atoms with Gasteiger partial charge in [0.15, 0.2) is 0 Å². The van der Waals surface area contributed by atoms with Crippen LogP contribution in [0.5, 0.6) is 0 Å². The summed E-state index contributed by atoms with van der Waals surface area (Å²) in [6, 6.07) is 0. The van der Waals surface area contributed by atoms with Gasteiger partial charge >= 0.3 is 0 Å². The van der Waals surface area contributed by atoms with Crippen molar-refractivity contribution in [3.05, 3.63) is 0 Å². The van der Waals surface area contributed by atoms with Crippen molar-refractivity contribution in [3.63, 3.8) is 0 Å². The molecule has 2 N–H and O–H groups in total. The number of rotatable bonds is 3. The molecule has 1 nitrogen and oxygen atoms in total. The quantitative estimate of drug-likeness (QED) is 0.650. The molecule has 0 saturated carbocycles. The first-order chi connectivity index (χ1) is 4.48. The van der Waals surface area contributed by atoms with Crippen LogP contribution < -0.4 is 5.73 Å². The van der Waals surface area contributed by atoms with Crippen LogP contribution in [0.1, 0.15) is 33.6 Å². The molecule has 0 aromatic rings. The van der Waals surface area contributed by atoms with E-state index in [9.17, 15) is 4.39 Å². The van der Waals surface area contributed by atoms with E-state index in [2.05, 4.69) is 0 Å². The Hall–Kier alpha value is -0.110. The first-order valence-electron chi connectivity index (χ1n) is 3.82. The third kappa shape index (κ3) is 3.83. The molecular formula is C8H18FN. The predicted molar refractivity (Wildman–Crippen MR) is 42.6 cm³/mol. The van der Waals surface area contributed by atoms with Crippen LogP contribution in [-0.2, 0) is 0 Å². The fourth-order valence-corrected chi connectivity index (χ4v) is 0.730. The Bertz CT molecular complexity index is 85.7. The molecule has 1 atom stereocenters. The highest BCUT2D eigenvalue weighted by atomic mass is 19.1. The van der Waals surface area contributed by atoms with Gasteiger partial charge in [-0.1, -0.05) is 20.8 Å². The van der Waals surface area contributed by atoms with E-state index in [0.29, 0.717) is 13.0 Å². The van der Waals surface area contributed by atoms with Gasteiger partial charge in [-0.05, 0) is 24.8 Å². The van der Waals surface area contributed by atoms with Crippen molar-refractivity contribution < 1.29 is 4.39 Å². The highest BCUT2D eigenvalue weighted by Crippen LogP contribution is 2.25. The molecule has 10 heavy (non-hydrogen) atoms. The fraction of sp³-hybridized carbons (Fsp3) is 1.00. The third-order valence-corrected chi connectivity index (χ3v) is 1.60. The van der Waals surface area contributed by atoms with Gasteiger partial charge in [0.25, 0.3) is 0 Å². The summed E-state index contributed by atoms with van der Waals surface area (Å²) in [5.41, 5.74) is 5.04. The predicted octanol–water partition coefficient (Wildman–Crippen LogP) is 2.11. The lowest BCUT2D eigenvalue weighted by Crippen LogP contribution is -2.22. The van der Waals surface area contributed by atoms with Crippen molar-refractivity contribution in [2.45, 2.75) is 39.8 Å². The minimum Gasteiger partial charge on any atom is -0.330 e. The molecule has 0 aromatic heterocycles. The Morgan fingerprint density at radius 2 is 1.90 bits per heavy atom. The molecule has 0 amide bonds. The average molecular weight is 147 g/mol. The van der Waals surface area contributed by atoms with Crippen LogP contribution in [0.3, 0.4) is 0 Å². The Morgan fingerprint density at radius 3 is 2.20 bits per heavy atom. The summed E-state index contributed by atoms with van der Waals surface area (Å²) < 4.78 is 13.0. The van der Waals surface area contributed by atoms with Crippen molar-refractivity contribution >= 4 is 0 Å². The molecule has 0 saturated heterocycles. The van der Waals surface area contributed by atoms with E-state index in [-0.39, 0.29) is 5.41 Å². The molecular weight excluding hydrogens is 129 g/mol. The second-order valence-electron chi connectivity index (χ2n) is 3.76. The topological polar surface area (TPSA) is 26.0 Å². The summed E-state index contributed by atoms with van der Waals surface area (Å²) in [7, 11) is 0. The largest absolute Gasteiger partial charge is 0.330 e. The molecule has 0 rings (SSSR count). The van der Waals surface area contributed by atoms with Gasteiger partial charge in [0.05, 0.1) is 0 Å². The van der Waals surface area contributed by atoms with Crippen LogP contribution in [-0.4, -0.2) is 12.7 Å². The summed E-state index contributed by atoms with van der Waals surface area (Å²) >= 11 is 0. The molecule has 0 aliphatic rings. The molecule has 0 fully saturated rings. The van der Waals surface area contributed by atoms with Gasteiger partial charge in [-0.15, -0.1) is 0 Å². The van der Waals surface area contributed by atoms with Gasteiger partial charge in [-0.25, -0.2) is 4.39 Å². The molecule has 1 unspecified atom stereocenters. The summed E-state index contributed by atoms with van der Waals surface area (Å²) in [5.74, 6) is 0. The van der Waals surface area contributed by atoms with E-state index in [0.717, 1.165) is 6.42 Å². The zero-order chi connectivity index (χ0) is 8.20. The van der Waals surface area contributed by atoms with Gasteiger partial charge < -0.3 is 5.73 Å². The van der Waals surface area contributed by atoms with Crippen molar-refractivity contribution in [2.24, 2.45) is 11.1 Å². The Kier molecular flexibility index (Phi) is 3.87. The van der Waals surface area contributed by atoms with Crippen LogP contribution in [0, 0.1) is 5.41 Å². The summed E-state index contributed by atoms with van der Waals surface area (Å²) in [5, 5.41) is 0. The van der Waals surface area contributed by atoms with Crippen LogP contribution in [0.25, 0.3) is 0 Å². The number of hydrogen-bond donors (Lipinski definition) is 1. The normalized spacial score (nSPS) is 15.3. The maximum atomic E-state index is 13.0. The summed E-state index contributed by atoms with van der Waals surface area (Å²) in [6.45, 7) is 6.33. The Morgan fingerprint density at radius 1 is 1.40 bits per heavy atom. The molecule has 0 aromatic carbocycles. The SMILES string of the molecule is CC(C)(C)C(F)CCCN. The summed E-state index contributed by atoms with van der Waals surface area (Å²) in [6.07, 6.45) is 0.675. The highest BCUT2D eigenvalue weighted by Gasteiger charge is 2.22. The number of hydrogen-bond acceptors (Lipinski definition) is 1. The first-order valence-corrected chi connectivity index (χ1v) is 3.82. The molecule has 0 spiro atoms. The number of alkyl halides is 1. The molecule has 0 radical (unpaired) electrons. The maximum Gasteiger partial charge on any atom is 0.105 e. The van der Waals surface area contributed by atoms with E-state index >= 15 is 0 Å². The van der Waals surface area contributed by atoms with E-state index in [1.54, 1.807) is 0 Å². The second kappa shape index (κ2) is 3.91. The van der Waals surface area contributed by atoms with Crippen molar-refractivity contribution in [3.8, 4) is 0 Å². The maximum absolute atomic E-state index is 13.0. The highest BCUT2D eigenvalue weighted by molar-refractivity contribution is 4.72. The molecule has 0 bridgehead atoms. The standard InChI is InChI=1S/C8H18FN/c1-8(2,3)7(9)5-4-6-10/h7H,4-6,10H2,1-3H3. The third-order valence-electron chi connectivity index (χ3n) is 1.60. The Labute approximate surface area is 62.8 Å². The second-order valence-corrected chi connectivity index (χ2v) is 3.76. The Balaban J connectivity index is 3.52. The number of nitrogens with two attached hydrogens (primary N) is 1. The molecule has 0 aliphatic heterocycles. The zero-order valence-electron chi connectivity index (χ0n) is 7.15. The van der Waals surface area contributed by atoms with Crippen LogP contribution in [0.2, 0.25) is 0 Å². The van der Waals surface area contributed by atoms with Crippen molar-refractivity contribution in [1.82, 2.24) is 0 Å². The smallest absolute Gasteiger partial charge is 0.105 e. The van der Waals surface area contributed by atoms with Gasteiger partial charge in [-0.2, -0.15) is 0 Å². The molecule has 0 aliphatic carbocycles. The number of halogens is 1. The molecule has 0 heterocycles. The van der Waals surface area contributed by atoms with Crippen LogP contribution in [0.15, 0.2) is 0 Å². The minimum atomic E-state index is -0.712. The van der Waals surface area contributed by atoms with Crippen LogP contribution >= 0.6 is 0 Å². The fourth-order valence-electron chi connectivity index (χ4n) is 0.730. The first kappa shape index (κ1) is 9.89. The van der Waals surface area contributed by atoms with Gasteiger partial charge in [0, 0.05) is 0 Å². The lowest BCUT2D eigenvalue weighted by molar-refractivity contribution is 0.150. The molecule has 2 heteroatoms. The monoisotopic (exact) mass is 147 g/mol. The van der Waals surface area contributed by atoms with E-state index in [1.807, 2.05) is 20.8 Å². The van der Waals surface area contributed by atoms with E-state index in [1.165, 1.54) is 0 Å². The molecule has 62 valence electrons. The minimum absolute atomic E-state index is 0.213. The van der Waals surface area contributed by atoms with Gasteiger partial charge in [-0.3, -0.25) is 0 Å². The lowest BCUT2D eigenvalue weighted by Gasteiger charge is -2.23. The lowest BCUT2D eigenvalue weighted by atomic mass is 9.88. The van der Waals surface area contributed by atoms with E-state index < -0.39 is 6.17 Å². The zero-order valence-corrected chi connectivity index (χ0v) is 7.15. The average Bonchev–Trinajstić information content (AvgIpc) is 1.80. The van der Waals surface area contributed by atoms with Crippen LogP contribution in [0.4, 0.5) is 4.39 Å². The summed E-state index contributed by atoms with van der Waals surface area (Å²) in [4.78, 5) is 0. The van der Waals surface area contributed by atoms with Crippen molar-refractivity contribution in [1.29, 1.82) is 0 Å².